The maximum atomic E-state index is 11.7. The Labute approximate surface area is 104 Å². The summed E-state index contributed by atoms with van der Waals surface area (Å²) in [6.07, 6.45) is 2.33. The van der Waals surface area contributed by atoms with Crippen LogP contribution in [0.3, 0.4) is 0 Å². The number of anilines is 1. The molecule has 1 aromatic rings. The summed E-state index contributed by atoms with van der Waals surface area (Å²) in [7, 11) is 0. The number of benzene rings is 1. The van der Waals surface area contributed by atoms with Gasteiger partial charge in [-0.1, -0.05) is 11.6 Å². The molecule has 0 aromatic heterocycles. The first kappa shape index (κ1) is 11.9. The number of carbonyl (C=O) groups excluding carboxylic acids is 1. The van der Waals surface area contributed by atoms with Crippen molar-refractivity contribution in [1.29, 1.82) is 0 Å². The molecule has 1 aromatic carbocycles. The number of piperidine rings is 1. The number of carboxylic acid groups (broad SMARTS) is 1. The highest BCUT2D eigenvalue weighted by molar-refractivity contribution is 6.31. The monoisotopic (exact) mass is 253 g/mol. The average Bonchev–Trinajstić information content (AvgIpc) is 2.28. The van der Waals surface area contributed by atoms with Gasteiger partial charge in [-0.05, 0) is 31.0 Å². The van der Waals surface area contributed by atoms with Crippen LogP contribution >= 0.6 is 11.6 Å². The first-order valence-corrected chi connectivity index (χ1v) is 5.80. The molecule has 0 unspecified atom stereocenters. The van der Waals surface area contributed by atoms with Crippen molar-refractivity contribution >= 4 is 29.2 Å². The Morgan fingerprint density at radius 2 is 2.06 bits per heavy atom. The third-order valence-electron chi connectivity index (χ3n) is 2.76. The van der Waals surface area contributed by atoms with E-state index in [4.69, 9.17) is 16.7 Å². The van der Waals surface area contributed by atoms with Crippen molar-refractivity contribution in [3.05, 3.63) is 28.8 Å². The van der Waals surface area contributed by atoms with Gasteiger partial charge < -0.3 is 10.0 Å². The predicted octanol–water partition coefficient (Wildman–Crippen LogP) is 2.56. The van der Waals surface area contributed by atoms with Gasteiger partial charge >= 0.3 is 5.97 Å². The van der Waals surface area contributed by atoms with Crippen molar-refractivity contribution in [1.82, 2.24) is 0 Å². The second-order valence-electron chi connectivity index (χ2n) is 4.01. The third kappa shape index (κ3) is 2.58. The van der Waals surface area contributed by atoms with Crippen LogP contribution in [0.2, 0.25) is 5.02 Å². The summed E-state index contributed by atoms with van der Waals surface area (Å²) in [4.78, 5) is 24.2. The van der Waals surface area contributed by atoms with Crippen molar-refractivity contribution in [2.45, 2.75) is 19.3 Å². The number of carbonyl (C=O) groups is 2. The molecule has 0 saturated carbocycles. The van der Waals surface area contributed by atoms with Gasteiger partial charge in [0.15, 0.2) is 0 Å². The van der Waals surface area contributed by atoms with Crippen LogP contribution in [0.5, 0.6) is 0 Å². The van der Waals surface area contributed by atoms with E-state index in [-0.39, 0.29) is 11.5 Å². The average molecular weight is 254 g/mol. The standard InChI is InChI=1S/C12H12ClNO3/c13-9-5-8(12(16)17)6-10(7-9)14-4-2-1-3-11(14)15/h5-7H,1-4H2,(H,16,17). The number of hydrogen-bond donors (Lipinski definition) is 1. The summed E-state index contributed by atoms with van der Waals surface area (Å²) in [5.41, 5.74) is 0.672. The topological polar surface area (TPSA) is 57.6 Å². The molecule has 17 heavy (non-hydrogen) atoms. The zero-order valence-electron chi connectivity index (χ0n) is 9.15. The normalized spacial score (nSPS) is 16.1. The van der Waals surface area contributed by atoms with E-state index < -0.39 is 5.97 Å². The van der Waals surface area contributed by atoms with Gasteiger partial charge in [-0.2, -0.15) is 0 Å². The van der Waals surface area contributed by atoms with Crippen LogP contribution in [0.25, 0.3) is 0 Å². The molecule has 4 nitrogen and oxygen atoms in total. The van der Waals surface area contributed by atoms with E-state index >= 15 is 0 Å². The fraction of sp³-hybridized carbons (Fsp3) is 0.333. The van der Waals surface area contributed by atoms with Crippen LogP contribution in [0.1, 0.15) is 29.6 Å². The molecule has 0 spiro atoms. The number of carboxylic acids is 1. The summed E-state index contributed by atoms with van der Waals surface area (Å²) in [6, 6.07) is 4.48. The van der Waals surface area contributed by atoms with E-state index in [1.807, 2.05) is 0 Å². The van der Waals surface area contributed by atoms with Crippen LogP contribution < -0.4 is 4.90 Å². The van der Waals surface area contributed by atoms with Crippen LogP contribution in [0.4, 0.5) is 5.69 Å². The highest BCUT2D eigenvalue weighted by atomic mass is 35.5. The lowest BCUT2D eigenvalue weighted by Crippen LogP contribution is -2.35. The number of hydrogen-bond acceptors (Lipinski definition) is 2. The minimum absolute atomic E-state index is 0.0230. The highest BCUT2D eigenvalue weighted by Crippen LogP contribution is 2.25. The lowest BCUT2D eigenvalue weighted by atomic mass is 10.1. The van der Waals surface area contributed by atoms with Gasteiger partial charge in [0.2, 0.25) is 5.91 Å². The summed E-state index contributed by atoms with van der Waals surface area (Å²) in [6.45, 7) is 0.623. The number of nitrogens with zero attached hydrogens (tertiary/aromatic N) is 1. The van der Waals surface area contributed by atoms with E-state index in [1.165, 1.54) is 12.1 Å². The lowest BCUT2D eigenvalue weighted by molar-refractivity contribution is -0.119. The minimum atomic E-state index is -1.04. The summed E-state index contributed by atoms with van der Waals surface area (Å²) < 4.78 is 0. The Balaban J connectivity index is 2.37. The molecule has 90 valence electrons. The number of amides is 1. The predicted molar refractivity (Wildman–Crippen MR) is 64.6 cm³/mol. The SMILES string of the molecule is O=C(O)c1cc(Cl)cc(N2CCCCC2=O)c1. The molecule has 1 heterocycles. The first-order valence-electron chi connectivity index (χ1n) is 5.42. The van der Waals surface area contributed by atoms with Gasteiger partial charge in [-0.15, -0.1) is 0 Å². The van der Waals surface area contributed by atoms with Gasteiger partial charge in [0, 0.05) is 23.7 Å². The van der Waals surface area contributed by atoms with Crippen LogP contribution in [0.15, 0.2) is 18.2 Å². The van der Waals surface area contributed by atoms with Gasteiger partial charge in [0.1, 0.15) is 0 Å². The van der Waals surface area contributed by atoms with Crippen LogP contribution in [0, 0.1) is 0 Å². The Hall–Kier alpha value is -1.55. The minimum Gasteiger partial charge on any atom is -0.478 e. The molecule has 0 atom stereocenters. The summed E-state index contributed by atoms with van der Waals surface area (Å²) in [5.74, 6) is -1.02. The molecule has 2 rings (SSSR count). The van der Waals surface area contributed by atoms with Gasteiger partial charge in [0.05, 0.1) is 5.56 Å². The maximum Gasteiger partial charge on any atom is 0.335 e. The maximum absolute atomic E-state index is 11.7. The van der Waals surface area contributed by atoms with Crippen molar-refractivity contribution in [2.24, 2.45) is 0 Å². The molecule has 1 N–H and O–H groups in total. The number of rotatable bonds is 2. The van der Waals surface area contributed by atoms with Crippen LogP contribution in [-0.4, -0.2) is 23.5 Å². The van der Waals surface area contributed by atoms with Crippen molar-refractivity contribution < 1.29 is 14.7 Å². The van der Waals surface area contributed by atoms with Crippen molar-refractivity contribution in [3.8, 4) is 0 Å². The summed E-state index contributed by atoms with van der Waals surface area (Å²) >= 11 is 5.86. The van der Waals surface area contributed by atoms with E-state index in [1.54, 1.807) is 11.0 Å². The molecule has 1 aliphatic heterocycles. The zero-order valence-corrected chi connectivity index (χ0v) is 9.91. The Kier molecular flexibility index (Phi) is 3.33. The second-order valence-corrected chi connectivity index (χ2v) is 4.44. The second kappa shape index (κ2) is 4.75. The van der Waals surface area contributed by atoms with Crippen molar-refractivity contribution in [2.75, 3.05) is 11.4 Å². The molecule has 0 radical (unpaired) electrons. The van der Waals surface area contributed by atoms with Gasteiger partial charge in [-0.25, -0.2) is 4.79 Å². The fourth-order valence-corrected chi connectivity index (χ4v) is 2.16. The molecule has 0 bridgehead atoms. The molecular weight excluding hydrogens is 242 g/mol. The zero-order chi connectivity index (χ0) is 12.4. The van der Waals surface area contributed by atoms with Crippen LogP contribution in [-0.2, 0) is 4.79 Å². The number of aromatic carboxylic acids is 1. The fourth-order valence-electron chi connectivity index (χ4n) is 1.93. The Morgan fingerprint density at radius 1 is 1.29 bits per heavy atom. The molecule has 1 saturated heterocycles. The highest BCUT2D eigenvalue weighted by Gasteiger charge is 2.21. The van der Waals surface area contributed by atoms with E-state index in [0.717, 1.165) is 12.8 Å². The van der Waals surface area contributed by atoms with E-state index in [2.05, 4.69) is 0 Å². The molecule has 0 aliphatic carbocycles. The van der Waals surface area contributed by atoms with Gasteiger partial charge in [-0.3, -0.25) is 4.79 Å². The molecule has 1 amide bonds. The number of halogens is 1. The van der Waals surface area contributed by atoms with Crippen molar-refractivity contribution in [3.63, 3.8) is 0 Å². The van der Waals surface area contributed by atoms with E-state index in [9.17, 15) is 9.59 Å². The van der Waals surface area contributed by atoms with Gasteiger partial charge in [0.25, 0.3) is 0 Å². The molecule has 5 heteroatoms. The lowest BCUT2D eigenvalue weighted by Gasteiger charge is -2.27. The third-order valence-corrected chi connectivity index (χ3v) is 2.98. The largest absolute Gasteiger partial charge is 0.478 e. The quantitative estimate of drug-likeness (QED) is 0.881. The summed E-state index contributed by atoms with van der Waals surface area (Å²) in [5, 5.41) is 9.27. The van der Waals surface area contributed by atoms with E-state index in [0.29, 0.717) is 23.7 Å². The Bertz CT molecular complexity index is 473. The molecule has 1 aliphatic rings. The Morgan fingerprint density at radius 3 is 2.71 bits per heavy atom. The molecular formula is C12H12ClNO3. The molecule has 1 fully saturated rings. The first-order chi connectivity index (χ1) is 8.08. The smallest absolute Gasteiger partial charge is 0.335 e.